The molecule has 0 radical (unpaired) electrons. The monoisotopic (exact) mass is 639 g/mol. The molecule has 6 rings (SSSR count). The molecule has 2 heterocycles. The molecule has 3 aromatic carbocycles. The fraction of sp³-hybridized carbons (Fsp3) is 0.371. The van der Waals surface area contributed by atoms with E-state index >= 15 is 0 Å². The summed E-state index contributed by atoms with van der Waals surface area (Å²) in [6.45, 7) is 2.07. The number of piperazine rings is 1. The number of hydrogen-bond donors (Lipinski definition) is 1. The number of carbonyl (C=O) groups excluding carboxylic acids is 2. The van der Waals surface area contributed by atoms with Gasteiger partial charge in [-0.05, 0) is 73.1 Å². The van der Waals surface area contributed by atoms with E-state index in [1.54, 1.807) is 9.80 Å². The van der Waals surface area contributed by atoms with Gasteiger partial charge in [0.2, 0.25) is 11.7 Å². The fourth-order valence-corrected chi connectivity index (χ4v) is 6.35. The van der Waals surface area contributed by atoms with Crippen LogP contribution in [0.1, 0.15) is 49.3 Å². The van der Waals surface area contributed by atoms with Crippen molar-refractivity contribution in [3.05, 3.63) is 106 Å². The van der Waals surface area contributed by atoms with Gasteiger partial charge in [-0.3, -0.25) is 9.59 Å². The molecule has 2 unspecified atom stereocenters. The topological polar surface area (TPSA) is 61.9 Å². The normalized spacial score (nSPS) is 19.3. The van der Waals surface area contributed by atoms with Crippen molar-refractivity contribution in [2.45, 2.75) is 63.7 Å². The van der Waals surface area contributed by atoms with Gasteiger partial charge in [0, 0.05) is 43.2 Å². The van der Waals surface area contributed by atoms with Crippen LogP contribution in [0.5, 0.6) is 5.75 Å². The number of aryl methyl sites for hydroxylation is 1. The molecule has 3 aromatic rings. The number of fused-ring (bicyclic) bond motifs is 2. The van der Waals surface area contributed by atoms with Crippen molar-refractivity contribution in [2.75, 3.05) is 19.7 Å². The standard InChI is InChI=1S/C35H34F5N3O3/c1-20(44)42-17-23-16-25(22-9-7-21(8-10-22)4-3-15-46-34-30(39)14-13-29(38)33(34)40)32(31(19-42)41-23)35(45)43(24-11-12-24)18-26-27(36)5-2-6-28(26)37/h2,5-10,13-14,23-24,31,41H,3-4,11-12,15-19H2,1H3. The zero-order valence-corrected chi connectivity index (χ0v) is 25.3. The summed E-state index contributed by atoms with van der Waals surface area (Å²) in [5.41, 5.74) is 2.91. The van der Waals surface area contributed by atoms with Crippen LogP contribution in [0.2, 0.25) is 0 Å². The van der Waals surface area contributed by atoms with E-state index in [0.717, 1.165) is 35.6 Å². The van der Waals surface area contributed by atoms with Crippen molar-refractivity contribution in [1.82, 2.24) is 15.1 Å². The molecule has 11 heteroatoms. The molecule has 2 bridgehead atoms. The van der Waals surface area contributed by atoms with Crippen LogP contribution in [0.4, 0.5) is 22.0 Å². The molecule has 2 fully saturated rings. The van der Waals surface area contributed by atoms with Crippen LogP contribution < -0.4 is 10.1 Å². The molecule has 2 atom stereocenters. The SMILES string of the molecule is CC(=O)N1CC2CC(c3ccc(CCCOc4c(F)ccc(F)c4F)cc3)=C(C(=O)N(Cc3c(F)cccc3F)C3CC3)C(C1)N2. The molecule has 0 spiro atoms. The predicted octanol–water partition coefficient (Wildman–Crippen LogP) is 5.93. The van der Waals surface area contributed by atoms with Crippen LogP contribution in [0.3, 0.4) is 0 Å². The van der Waals surface area contributed by atoms with Crippen molar-refractivity contribution in [3.63, 3.8) is 0 Å². The first-order chi connectivity index (χ1) is 22.1. The van der Waals surface area contributed by atoms with E-state index in [1.807, 2.05) is 24.3 Å². The van der Waals surface area contributed by atoms with E-state index in [9.17, 15) is 31.5 Å². The average Bonchev–Trinajstić information content (AvgIpc) is 3.87. The van der Waals surface area contributed by atoms with Crippen molar-refractivity contribution < 1.29 is 36.3 Å². The second-order valence-electron chi connectivity index (χ2n) is 12.1. The number of halogens is 5. The summed E-state index contributed by atoms with van der Waals surface area (Å²) >= 11 is 0. The third kappa shape index (κ3) is 6.65. The van der Waals surface area contributed by atoms with Crippen LogP contribution in [0.15, 0.2) is 60.2 Å². The van der Waals surface area contributed by atoms with Gasteiger partial charge >= 0.3 is 0 Å². The van der Waals surface area contributed by atoms with Gasteiger partial charge in [0.25, 0.3) is 5.91 Å². The molecular weight excluding hydrogens is 605 g/mol. The summed E-state index contributed by atoms with van der Waals surface area (Å²) in [7, 11) is 0. The number of nitrogens with zero attached hydrogens (tertiary/aromatic N) is 2. The molecule has 3 aliphatic rings. The second kappa shape index (κ2) is 13.2. The van der Waals surface area contributed by atoms with Crippen molar-refractivity contribution >= 4 is 17.4 Å². The molecule has 1 saturated carbocycles. The Labute approximate surface area is 263 Å². The smallest absolute Gasteiger partial charge is 0.252 e. The molecule has 2 amide bonds. The highest BCUT2D eigenvalue weighted by Crippen LogP contribution is 2.38. The number of nitrogens with one attached hydrogen (secondary N) is 1. The van der Waals surface area contributed by atoms with E-state index in [1.165, 1.54) is 25.1 Å². The highest BCUT2D eigenvalue weighted by atomic mass is 19.2. The maximum Gasteiger partial charge on any atom is 0.252 e. The largest absolute Gasteiger partial charge is 0.488 e. The maximum atomic E-state index is 14.7. The van der Waals surface area contributed by atoms with Gasteiger partial charge in [0.1, 0.15) is 11.6 Å². The van der Waals surface area contributed by atoms with E-state index in [4.69, 9.17) is 4.74 Å². The minimum atomic E-state index is -1.36. The molecular formula is C35H34F5N3O3. The van der Waals surface area contributed by atoms with Crippen molar-refractivity contribution in [2.24, 2.45) is 0 Å². The van der Waals surface area contributed by atoms with Crippen molar-refractivity contribution in [3.8, 4) is 5.75 Å². The Balaban J connectivity index is 1.24. The summed E-state index contributed by atoms with van der Waals surface area (Å²) in [5, 5.41) is 3.50. The van der Waals surface area contributed by atoms with E-state index in [0.29, 0.717) is 44.0 Å². The molecule has 242 valence electrons. The Kier molecular flexibility index (Phi) is 9.13. The number of benzene rings is 3. The number of hydrogen-bond acceptors (Lipinski definition) is 4. The second-order valence-corrected chi connectivity index (χ2v) is 12.1. The minimum Gasteiger partial charge on any atom is -0.488 e. The van der Waals surface area contributed by atoms with E-state index in [2.05, 4.69) is 5.32 Å². The number of amides is 2. The van der Waals surface area contributed by atoms with Crippen molar-refractivity contribution in [1.29, 1.82) is 0 Å². The fourth-order valence-electron chi connectivity index (χ4n) is 6.35. The van der Waals surface area contributed by atoms with Gasteiger partial charge in [-0.25, -0.2) is 17.6 Å². The Bertz CT molecular complexity index is 1650. The Morgan fingerprint density at radius 1 is 0.913 bits per heavy atom. The van der Waals surface area contributed by atoms with Gasteiger partial charge in [0.05, 0.1) is 19.2 Å². The molecule has 1 aliphatic carbocycles. The van der Waals surface area contributed by atoms with E-state index < -0.39 is 40.9 Å². The van der Waals surface area contributed by atoms with Crippen LogP contribution in [-0.4, -0.2) is 59.4 Å². The Morgan fingerprint density at radius 2 is 1.61 bits per heavy atom. The van der Waals surface area contributed by atoms with Crippen LogP contribution in [0, 0.1) is 29.1 Å². The number of carbonyl (C=O) groups is 2. The van der Waals surface area contributed by atoms with E-state index in [-0.39, 0.29) is 42.6 Å². The molecule has 2 aliphatic heterocycles. The van der Waals surface area contributed by atoms with Crippen LogP contribution in [-0.2, 0) is 22.6 Å². The lowest BCUT2D eigenvalue weighted by atomic mass is 9.82. The van der Waals surface area contributed by atoms with Gasteiger partial charge < -0.3 is 19.9 Å². The third-order valence-electron chi connectivity index (χ3n) is 8.88. The average molecular weight is 640 g/mol. The van der Waals surface area contributed by atoms with Crippen LogP contribution >= 0.6 is 0 Å². The number of rotatable bonds is 10. The molecule has 46 heavy (non-hydrogen) atoms. The van der Waals surface area contributed by atoms with Gasteiger partial charge in [0.15, 0.2) is 17.4 Å². The Morgan fingerprint density at radius 3 is 2.28 bits per heavy atom. The summed E-state index contributed by atoms with van der Waals surface area (Å²) in [6, 6.07) is 12.1. The Hall–Kier alpha value is -4.25. The number of ether oxygens (including phenoxy) is 1. The lowest BCUT2D eigenvalue weighted by molar-refractivity contribution is -0.132. The quantitative estimate of drug-likeness (QED) is 0.170. The zero-order valence-electron chi connectivity index (χ0n) is 25.3. The first-order valence-electron chi connectivity index (χ1n) is 15.4. The minimum absolute atomic E-state index is 0.0237. The predicted molar refractivity (Wildman–Crippen MR) is 161 cm³/mol. The summed E-state index contributed by atoms with van der Waals surface area (Å²) < 4.78 is 75.7. The molecule has 1 N–H and O–H groups in total. The first kappa shape index (κ1) is 31.7. The zero-order chi connectivity index (χ0) is 32.5. The molecule has 6 nitrogen and oxygen atoms in total. The summed E-state index contributed by atoms with van der Waals surface area (Å²) in [4.78, 5) is 30.0. The lowest BCUT2D eigenvalue weighted by Crippen LogP contribution is -2.61. The first-order valence-corrected chi connectivity index (χ1v) is 15.4. The summed E-state index contributed by atoms with van der Waals surface area (Å²) in [5.74, 6) is -6.06. The summed E-state index contributed by atoms with van der Waals surface area (Å²) in [6.07, 6.45) is 2.89. The van der Waals surface area contributed by atoms with Gasteiger partial charge in [-0.2, -0.15) is 4.39 Å². The lowest BCUT2D eigenvalue weighted by Gasteiger charge is -2.44. The highest BCUT2D eigenvalue weighted by Gasteiger charge is 2.43. The van der Waals surface area contributed by atoms with Gasteiger partial charge in [-0.1, -0.05) is 30.3 Å². The molecule has 1 saturated heterocycles. The maximum absolute atomic E-state index is 14.7. The third-order valence-corrected chi connectivity index (χ3v) is 8.88. The highest BCUT2D eigenvalue weighted by molar-refractivity contribution is 6.03. The van der Waals surface area contributed by atoms with Crippen LogP contribution in [0.25, 0.3) is 5.57 Å². The molecule has 0 aromatic heterocycles. The van der Waals surface area contributed by atoms with Gasteiger partial charge in [-0.15, -0.1) is 0 Å².